The molecule has 1 aliphatic rings. The van der Waals surface area contributed by atoms with Gasteiger partial charge >= 0.3 is 0 Å². The van der Waals surface area contributed by atoms with Crippen LogP contribution in [0.5, 0.6) is 0 Å². The van der Waals surface area contributed by atoms with E-state index >= 15 is 0 Å². The Hall–Kier alpha value is -1.24. The molecule has 2 unspecified atom stereocenters. The molecular formula is C10H14N2O2. The van der Waals surface area contributed by atoms with Crippen LogP contribution < -0.4 is 0 Å². The molecule has 0 bridgehead atoms. The molecule has 0 heterocycles. The number of aliphatic imine (C=N–C) groups is 2. The van der Waals surface area contributed by atoms with Gasteiger partial charge in [-0.2, -0.15) is 0 Å². The van der Waals surface area contributed by atoms with Crippen LogP contribution in [0.2, 0.25) is 0 Å². The first-order valence-electron chi connectivity index (χ1n) is 4.70. The number of isocyanates is 2. The molecule has 1 saturated carbocycles. The van der Waals surface area contributed by atoms with Crippen molar-refractivity contribution < 1.29 is 9.59 Å². The van der Waals surface area contributed by atoms with E-state index in [9.17, 15) is 9.59 Å². The second-order valence-electron chi connectivity index (χ2n) is 4.31. The Morgan fingerprint density at radius 3 is 1.86 bits per heavy atom. The van der Waals surface area contributed by atoms with Crippen LogP contribution in [0, 0.1) is 17.3 Å². The van der Waals surface area contributed by atoms with Gasteiger partial charge in [-0.05, 0) is 23.7 Å². The summed E-state index contributed by atoms with van der Waals surface area (Å²) in [6.07, 6.45) is 4.08. The second-order valence-corrected chi connectivity index (χ2v) is 4.31. The zero-order valence-electron chi connectivity index (χ0n) is 8.49. The molecule has 0 radical (unpaired) electrons. The van der Waals surface area contributed by atoms with Gasteiger partial charge in [-0.25, -0.2) is 19.6 Å². The predicted molar refractivity (Wildman–Crippen MR) is 51.4 cm³/mol. The number of hydrogen-bond acceptors (Lipinski definition) is 4. The summed E-state index contributed by atoms with van der Waals surface area (Å²) in [5, 5.41) is 0. The summed E-state index contributed by atoms with van der Waals surface area (Å²) in [6.45, 7) is 5.31. The summed E-state index contributed by atoms with van der Waals surface area (Å²) < 4.78 is 0. The summed E-state index contributed by atoms with van der Waals surface area (Å²) in [5.41, 5.74) is 0.112. The maximum Gasteiger partial charge on any atom is 0.234 e. The van der Waals surface area contributed by atoms with Crippen molar-refractivity contribution in [1.29, 1.82) is 0 Å². The van der Waals surface area contributed by atoms with Gasteiger partial charge in [0, 0.05) is 0 Å². The van der Waals surface area contributed by atoms with Crippen LogP contribution in [0.1, 0.15) is 20.3 Å². The SMILES string of the molecule is CC1(C)C(CN=C=O)CC1CN=C=O. The summed E-state index contributed by atoms with van der Waals surface area (Å²) in [5.74, 6) is 0.826. The quantitative estimate of drug-likeness (QED) is 0.500. The average Bonchev–Trinajstić information content (AvgIpc) is 2.16. The van der Waals surface area contributed by atoms with Crippen molar-refractivity contribution in [2.75, 3.05) is 13.1 Å². The summed E-state index contributed by atoms with van der Waals surface area (Å²) >= 11 is 0. The highest BCUT2D eigenvalue weighted by molar-refractivity contribution is 5.33. The lowest BCUT2D eigenvalue weighted by Gasteiger charge is -2.51. The summed E-state index contributed by atoms with van der Waals surface area (Å²) in [6, 6.07) is 0. The van der Waals surface area contributed by atoms with E-state index in [0.717, 1.165) is 6.42 Å². The number of nitrogens with zero attached hydrogens (tertiary/aromatic N) is 2. The molecule has 0 saturated heterocycles. The van der Waals surface area contributed by atoms with E-state index in [2.05, 4.69) is 23.8 Å². The van der Waals surface area contributed by atoms with Gasteiger partial charge in [0.15, 0.2) is 0 Å². The van der Waals surface area contributed by atoms with Gasteiger partial charge < -0.3 is 0 Å². The molecule has 0 aromatic heterocycles. The second kappa shape index (κ2) is 4.32. The molecule has 4 nitrogen and oxygen atoms in total. The lowest BCUT2D eigenvalue weighted by atomic mass is 9.55. The van der Waals surface area contributed by atoms with Crippen LogP contribution in [0.3, 0.4) is 0 Å². The Bertz CT molecular complexity index is 271. The van der Waals surface area contributed by atoms with Crippen molar-refractivity contribution in [1.82, 2.24) is 0 Å². The maximum absolute atomic E-state index is 9.95. The minimum Gasteiger partial charge on any atom is -0.211 e. The van der Waals surface area contributed by atoms with Gasteiger partial charge in [0.05, 0.1) is 13.1 Å². The molecule has 4 heteroatoms. The first-order chi connectivity index (χ1) is 6.62. The monoisotopic (exact) mass is 194 g/mol. The van der Waals surface area contributed by atoms with E-state index < -0.39 is 0 Å². The van der Waals surface area contributed by atoms with Gasteiger partial charge in [-0.3, -0.25) is 0 Å². The van der Waals surface area contributed by atoms with Crippen molar-refractivity contribution >= 4 is 12.2 Å². The fourth-order valence-corrected chi connectivity index (χ4v) is 2.04. The molecule has 1 rings (SSSR count). The largest absolute Gasteiger partial charge is 0.234 e. The van der Waals surface area contributed by atoms with Crippen LogP contribution in [0.4, 0.5) is 0 Å². The van der Waals surface area contributed by atoms with Gasteiger partial charge in [0.25, 0.3) is 0 Å². The molecule has 0 aromatic carbocycles. The van der Waals surface area contributed by atoms with Crippen molar-refractivity contribution in [2.24, 2.45) is 27.2 Å². The summed E-state index contributed by atoms with van der Waals surface area (Å²) in [7, 11) is 0. The molecule has 14 heavy (non-hydrogen) atoms. The molecule has 76 valence electrons. The zero-order chi connectivity index (χ0) is 10.6. The molecule has 0 amide bonds. The number of carbonyl (C=O) groups excluding carboxylic acids is 2. The highest BCUT2D eigenvalue weighted by Crippen LogP contribution is 2.51. The molecule has 1 fully saturated rings. The minimum atomic E-state index is 0.112. The third kappa shape index (κ3) is 1.98. The van der Waals surface area contributed by atoms with Crippen molar-refractivity contribution in [3.8, 4) is 0 Å². The fraction of sp³-hybridized carbons (Fsp3) is 0.800. The average molecular weight is 194 g/mol. The van der Waals surface area contributed by atoms with Gasteiger partial charge in [0.2, 0.25) is 12.2 Å². The van der Waals surface area contributed by atoms with Crippen LogP contribution in [0.25, 0.3) is 0 Å². The minimum absolute atomic E-state index is 0.112. The molecule has 0 N–H and O–H groups in total. The zero-order valence-corrected chi connectivity index (χ0v) is 8.49. The lowest BCUT2D eigenvalue weighted by molar-refractivity contribution is -0.00682. The van der Waals surface area contributed by atoms with Crippen molar-refractivity contribution in [3.05, 3.63) is 0 Å². The normalized spacial score (nSPS) is 28.1. The Balaban J connectivity index is 2.49. The number of rotatable bonds is 4. The van der Waals surface area contributed by atoms with E-state index in [0.29, 0.717) is 24.9 Å². The Morgan fingerprint density at radius 1 is 1.14 bits per heavy atom. The van der Waals surface area contributed by atoms with E-state index in [1.807, 2.05) is 0 Å². The molecule has 1 aliphatic carbocycles. The van der Waals surface area contributed by atoms with Crippen LogP contribution in [0.15, 0.2) is 9.98 Å². The number of hydrogen-bond donors (Lipinski definition) is 0. The Labute approximate surface area is 83.1 Å². The van der Waals surface area contributed by atoms with E-state index in [1.165, 1.54) is 0 Å². The first kappa shape index (κ1) is 10.8. The fourth-order valence-electron chi connectivity index (χ4n) is 2.04. The van der Waals surface area contributed by atoms with Crippen LogP contribution >= 0.6 is 0 Å². The lowest BCUT2D eigenvalue weighted by Crippen LogP contribution is -2.47. The van der Waals surface area contributed by atoms with Gasteiger partial charge in [-0.15, -0.1) is 0 Å². The molecule has 0 aliphatic heterocycles. The van der Waals surface area contributed by atoms with Gasteiger partial charge in [0.1, 0.15) is 0 Å². The third-order valence-electron chi connectivity index (χ3n) is 3.43. The molecular weight excluding hydrogens is 180 g/mol. The highest BCUT2D eigenvalue weighted by atomic mass is 16.1. The molecule has 0 aromatic rings. The highest BCUT2D eigenvalue weighted by Gasteiger charge is 2.47. The topological polar surface area (TPSA) is 58.9 Å². The summed E-state index contributed by atoms with van der Waals surface area (Å²) in [4.78, 5) is 27.1. The Morgan fingerprint density at radius 2 is 1.57 bits per heavy atom. The maximum atomic E-state index is 9.95. The smallest absolute Gasteiger partial charge is 0.211 e. The van der Waals surface area contributed by atoms with E-state index in [4.69, 9.17) is 0 Å². The van der Waals surface area contributed by atoms with E-state index in [1.54, 1.807) is 12.2 Å². The predicted octanol–water partition coefficient (Wildman–Crippen LogP) is 1.32. The first-order valence-corrected chi connectivity index (χ1v) is 4.70. The van der Waals surface area contributed by atoms with Gasteiger partial charge in [-0.1, -0.05) is 13.8 Å². The standard InChI is InChI=1S/C10H14N2O2/c1-10(2)8(4-11-6-13)3-9(10)5-12-7-14/h8-9H,3-5H2,1-2H3. The Kier molecular flexibility index (Phi) is 3.34. The van der Waals surface area contributed by atoms with Crippen molar-refractivity contribution in [3.63, 3.8) is 0 Å². The molecule has 2 atom stereocenters. The molecule has 0 spiro atoms. The van der Waals surface area contributed by atoms with Crippen LogP contribution in [-0.2, 0) is 9.59 Å². The third-order valence-corrected chi connectivity index (χ3v) is 3.43. The van der Waals surface area contributed by atoms with E-state index in [-0.39, 0.29) is 5.41 Å². The van der Waals surface area contributed by atoms with Crippen molar-refractivity contribution in [2.45, 2.75) is 20.3 Å². The van der Waals surface area contributed by atoms with Crippen LogP contribution in [-0.4, -0.2) is 25.2 Å².